The Bertz CT molecular complexity index is 3740. The molecule has 480 valence electrons. The van der Waals surface area contributed by atoms with E-state index in [0.717, 1.165) is 48.5 Å². The Kier molecular flexibility index (Phi) is 24.2. The SMILES string of the molecule is CCOC(=O)C(=O)CBr.CCOC(=O)c1csc([C@@H]2CC[C@@H](C)N(C(=O)c3ccccc3-n3nccn3)C2)n1.C[C@@H]1CC[C@@H](C(N)=S)CN1C(=O)c1ccccc1-n1nccn1.C[C@@H]1CC[C@@H](c2nc(C(C)(C)O)cs2)CN1C(=O)c1ccccc1-n1nccn1. The minimum Gasteiger partial charge on any atom is -0.461 e. The molecule has 3 amide bonds. The molecule has 8 aromatic rings. The first-order chi connectivity index (χ1) is 43.7. The van der Waals surface area contributed by atoms with E-state index >= 15 is 0 Å². The first kappa shape index (κ1) is 68.6. The molecule has 28 heteroatoms. The molecule has 0 unspecified atom stereocenters. The average Bonchev–Trinajstić information content (AvgIpc) is 1.81. The molecule has 0 saturated carbocycles. The van der Waals surface area contributed by atoms with Crippen molar-refractivity contribution < 1.29 is 43.3 Å². The molecule has 0 bridgehead atoms. The number of thiocarbonyl (C=S) groups is 1. The number of Topliss-reactive ketones (excluding diaryl/α,β-unsaturated/α-hetero) is 1. The van der Waals surface area contributed by atoms with Gasteiger partial charge in [0.15, 0.2) is 5.69 Å². The Morgan fingerprint density at radius 3 is 1.35 bits per heavy atom. The summed E-state index contributed by atoms with van der Waals surface area (Å²) in [5.74, 6) is -1.48. The number of nitrogens with zero attached hydrogens (tertiary/aromatic N) is 14. The predicted octanol–water partition coefficient (Wildman–Crippen LogP) is 8.98. The summed E-state index contributed by atoms with van der Waals surface area (Å²) in [5, 5.41) is 40.7. The second-order valence-corrected chi connectivity index (χ2v) is 25.2. The molecule has 91 heavy (non-hydrogen) atoms. The Morgan fingerprint density at radius 2 is 0.967 bits per heavy atom. The Labute approximate surface area is 549 Å². The second-order valence-electron chi connectivity index (χ2n) is 22.4. The molecule has 3 aromatic carbocycles. The van der Waals surface area contributed by atoms with Gasteiger partial charge in [0.1, 0.15) is 5.60 Å². The van der Waals surface area contributed by atoms with E-state index in [1.807, 2.05) is 80.7 Å². The number of piperidine rings is 3. The lowest BCUT2D eigenvalue weighted by molar-refractivity contribution is -0.152. The van der Waals surface area contributed by atoms with E-state index < -0.39 is 23.3 Å². The average molecular weight is 1360 g/mol. The largest absolute Gasteiger partial charge is 0.461 e. The van der Waals surface area contributed by atoms with Gasteiger partial charge in [-0.3, -0.25) is 19.2 Å². The van der Waals surface area contributed by atoms with Crippen molar-refractivity contribution in [1.29, 1.82) is 0 Å². The number of ketones is 1. The van der Waals surface area contributed by atoms with Crippen LogP contribution in [0.4, 0.5) is 0 Å². The summed E-state index contributed by atoms with van der Waals surface area (Å²) >= 11 is 11.0. The van der Waals surface area contributed by atoms with Gasteiger partial charge in [-0.2, -0.15) is 45.0 Å². The van der Waals surface area contributed by atoms with E-state index in [2.05, 4.69) is 82.0 Å². The van der Waals surface area contributed by atoms with Crippen LogP contribution in [0.2, 0.25) is 0 Å². The fourth-order valence-corrected chi connectivity index (χ4v) is 13.0. The molecule has 3 aliphatic rings. The summed E-state index contributed by atoms with van der Waals surface area (Å²) in [6.45, 7) is 15.4. The van der Waals surface area contributed by atoms with Crippen LogP contribution in [0.1, 0.15) is 156 Å². The highest BCUT2D eigenvalue weighted by molar-refractivity contribution is 9.09. The van der Waals surface area contributed by atoms with Gasteiger partial charge in [-0.05, 0) is 123 Å². The maximum atomic E-state index is 13.5. The number of halogens is 1. The lowest BCUT2D eigenvalue weighted by Crippen LogP contribution is -2.48. The van der Waals surface area contributed by atoms with E-state index in [0.29, 0.717) is 76.4 Å². The van der Waals surface area contributed by atoms with Crippen molar-refractivity contribution in [2.24, 2.45) is 11.7 Å². The minimum absolute atomic E-state index is 0.0191. The van der Waals surface area contributed by atoms with Gasteiger partial charge in [-0.15, -0.1) is 22.7 Å². The first-order valence-corrected chi connectivity index (χ1v) is 33.2. The Morgan fingerprint density at radius 1 is 0.582 bits per heavy atom. The number of carbonyl (C=O) groups excluding carboxylic acids is 6. The third kappa shape index (κ3) is 17.4. The van der Waals surface area contributed by atoms with E-state index in [9.17, 15) is 33.9 Å². The monoisotopic (exact) mass is 1360 g/mol. The van der Waals surface area contributed by atoms with Crippen LogP contribution in [0.25, 0.3) is 17.1 Å². The number of benzene rings is 3. The number of esters is 2. The van der Waals surface area contributed by atoms with E-state index in [1.54, 1.807) is 93.7 Å². The van der Waals surface area contributed by atoms with Crippen LogP contribution < -0.4 is 5.73 Å². The smallest absolute Gasteiger partial charge is 0.375 e. The molecule has 0 spiro atoms. The maximum absolute atomic E-state index is 13.5. The third-order valence-corrected chi connectivity index (χ3v) is 18.5. The molecule has 0 radical (unpaired) electrons. The molecule has 11 rings (SSSR count). The lowest BCUT2D eigenvalue weighted by atomic mass is 9.92. The van der Waals surface area contributed by atoms with Crippen LogP contribution in [0.3, 0.4) is 0 Å². The summed E-state index contributed by atoms with van der Waals surface area (Å²) in [7, 11) is 0. The number of rotatable bonds is 15. The highest BCUT2D eigenvalue weighted by atomic mass is 79.9. The second kappa shape index (κ2) is 32.1. The van der Waals surface area contributed by atoms with E-state index in [1.165, 1.54) is 25.7 Å². The van der Waals surface area contributed by atoms with Gasteiger partial charge in [-0.25, -0.2) is 19.6 Å². The lowest BCUT2D eigenvalue weighted by Gasteiger charge is -2.38. The Hall–Kier alpha value is -8.31. The van der Waals surface area contributed by atoms with Crippen LogP contribution in [-0.4, -0.2) is 171 Å². The topological polar surface area (TPSA) is 295 Å². The molecular weight excluding hydrogens is 1290 g/mol. The standard InChI is InChI=1S/C21H23N5O3S.C21H25N5O2S.C16H19N5OS.C5H7BrO3/c1-3-29-21(28)17-13-30-19(24-17)15-9-8-14(2)25(12-15)20(27)16-6-4-5-7-18(16)26-22-10-11-23-26;1-14-8-9-15(19-24-18(13-29-19)21(2,3)28)12-25(14)20(27)16-6-4-5-7-17(16)26-22-10-11-23-26;1-11-6-7-12(15(17)23)10-20(11)16(22)13-4-2-3-5-14(13)21-18-8-9-19-21;1-2-9-5(8)4(7)3-6/h4-7,10-11,13-15H,3,8-9,12H2,1-2H3;4-7,10-11,13-15,28H,8-9,12H2,1-3H3;2-5,8-9,11-12H,6-7,10H2,1H3,(H2,17,23);2-3H2,1H3/t2*14-,15-;11-,12-;/m111./s1. The van der Waals surface area contributed by atoms with Crippen molar-refractivity contribution in [3.63, 3.8) is 0 Å². The van der Waals surface area contributed by atoms with E-state index in [-0.39, 0.29) is 65.5 Å². The fourth-order valence-electron chi connectivity index (χ4n) is 10.6. The zero-order valence-electron chi connectivity index (χ0n) is 51.7. The number of hydrogen-bond donors (Lipinski definition) is 2. The first-order valence-electron chi connectivity index (χ1n) is 29.9. The molecule has 3 saturated heterocycles. The van der Waals surface area contributed by atoms with Crippen molar-refractivity contribution in [3.05, 3.63) is 159 Å². The summed E-state index contributed by atoms with van der Waals surface area (Å²) in [4.78, 5) is 92.4. The zero-order chi connectivity index (χ0) is 65.4. The van der Waals surface area contributed by atoms with Crippen molar-refractivity contribution in [2.45, 2.75) is 123 Å². The molecule has 6 atom stereocenters. The van der Waals surface area contributed by atoms with Gasteiger partial charge >= 0.3 is 11.9 Å². The quantitative estimate of drug-likeness (QED) is 0.0419. The van der Waals surface area contributed by atoms with Crippen molar-refractivity contribution in [1.82, 2.24) is 69.6 Å². The molecule has 0 aliphatic carbocycles. The number of ether oxygens (including phenoxy) is 2. The number of likely N-dealkylation sites (tertiary alicyclic amines) is 3. The number of aromatic nitrogens is 11. The van der Waals surface area contributed by atoms with Gasteiger partial charge in [0.2, 0.25) is 5.78 Å². The molecule has 3 fully saturated rings. The summed E-state index contributed by atoms with van der Waals surface area (Å²) in [6, 6.07) is 22.6. The number of hydrogen-bond acceptors (Lipinski definition) is 20. The number of thiazole rings is 2. The van der Waals surface area contributed by atoms with Gasteiger partial charge in [-0.1, -0.05) is 64.5 Å². The molecule has 3 aliphatic heterocycles. The minimum atomic E-state index is -0.956. The van der Waals surface area contributed by atoms with Crippen LogP contribution in [0.5, 0.6) is 0 Å². The van der Waals surface area contributed by atoms with Crippen LogP contribution in [-0.2, 0) is 24.7 Å². The van der Waals surface area contributed by atoms with Crippen LogP contribution >= 0.6 is 50.8 Å². The van der Waals surface area contributed by atoms with Gasteiger partial charge in [0, 0.05) is 66.3 Å². The van der Waals surface area contributed by atoms with Gasteiger partial charge in [0.25, 0.3) is 17.7 Å². The van der Waals surface area contributed by atoms with Crippen LogP contribution in [0.15, 0.2) is 121 Å². The summed E-state index contributed by atoms with van der Waals surface area (Å²) in [5.41, 5.74) is 9.59. The number of para-hydroxylation sites is 3. The molecular formula is C63H74BrN15O9S3. The summed E-state index contributed by atoms with van der Waals surface area (Å²) < 4.78 is 9.41. The number of alkyl halides is 1. The van der Waals surface area contributed by atoms with Gasteiger partial charge in [0.05, 0.1) is 110 Å². The number of aliphatic hydroxyl groups is 1. The molecule has 8 heterocycles. The van der Waals surface area contributed by atoms with Crippen molar-refractivity contribution in [3.8, 4) is 17.1 Å². The van der Waals surface area contributed by atoms with Crippen molar-refractivity contribution in [2.75, 3.05) is 38.2 Å². The highest BCUT2D eigenvalue weighted by Crippen LogP contribution is 2.36. The number of amides is 3. The Balaban J connectivity index is 0.000000166. The summed E-state index contributed by atoms with van der Waals surface area (Å²) in [6.07, 6.45) is 15.1. The molecule has 3 N–H and O–H groups in total. The maximum Gasteiger partial charge on any atom is 0.375 e. The zero-order valence-corrected chi connectivity index (χ0v) is 55.7. The van der Waals surface area contributed by atoms with Crippen LogP contribution in [0, 0.1) is 5.92 Å². The van der Waals surface area contributed by atoms with Crippen molar-refractivity contribution >= 4 is 91.3 Å². The fraction of sp³-hybridized carbons (Fsp3) is 0.413. The highest BCUT2D eigenvalue weighted by Gasteiger charge is 2.36. The molecule has 5 aromatic heterocycles. The number of carbonyl (C=O) groups is 6. The molecule has 24 nitrogen and oxygen atoms in total. The predicted molar refractivity (Wildman–Crippen MR) is 350 cm³/mol. The third-order valence-electron chi connectivity index (χ3n) is 15.6. The van der Waals surface area contributed by atoms with E-state index in [4.69, 9.17) is 22.7 Å². The van der Waals surface area contributed by atoms with Gasteiger partial charge < -0.3 is 35.0 Å². The normalized spacial score (nSPS) is 18.8. The number of nitrogens with two attached hydrogens (primary N) is 1.